The molecular formula is C14H12F3NO3. The SMILES string of the molecule is COc1cc(CO)ccc1Oc1ncccc1C(F)(F)F. The molecule has 0 unspecified atom stereocenters. The highest BCUT2D eigenvalue weighted by atomic mass is 19.4. The summed E-state index contributed by atoms with van der Waals surface area (Å²) in [4.78, 5) is 3.61. The monoisotopic (exact) mass is 299 g/mol. The van der Waals surface area contributed by atoms with Gasteiger partial charge in [-0.15, -0.1) is 0 Å². The normalized spacial score (nSPS) is 11.3. The van der Waals surface area contributed by atoms with Gasteiger partial charge in [0, 0.05) is 6.20 Å². The first-order valence-electron chi connectivity index (χ1n) is 5.93. The van der Waals surface area contributed by atoms with Crippen molar-refractivity contribution in [2.24, 2.45) is 0 Å². The highest BCUT2D eigenvalue weighted by Crippen LogP contribution is 2.38. The van der Waals surface area contributed by atoms with Gasteiger partial charge in [0.05, 0.1) is 13.7 Å². The molecule has 1 aromatic heterocycles. The van der Waals surface area contributed by atoms with Crippen LogP contribution >= 0.6 is 0 Å². The van der Waals surface area contributed by atoms with Crippen molar-refractivity contribution in [3.8, 4) is 17.4 Å². The molecule has 0 atom stereocenters. The van der Waals surface area contributed by atoms with Crippen LogP contribution in [0.3, 0.4) is 0 Å². The number of benzene rings is 1. The lowest BCUT2D eigenvalue weighted by molar-refractivity contribution is -0.138. The number of rotatable bonds is 4. The molecule has 4 nitrogen and oxygen atoms in total. The van der Waals surface area contributed by atoms with Gasteiger partial charge in [-0.05, 0) is 29.8 Å². The van der Waals surface area contributed by atoms with E-state index in [0.717, 1.165) is 6.07 Å². The van der Waals surface area contributed by atoms with Crippen LogP contribution in [-0.2, 0) is 12.8 Å². The van der Waals surface area contributed by atoms with E-state index in [2.05, 4.69) is 4.98 Å². The molecule has 0 aliphatic heterocycles. The number of aliphatic hydroxyl groups is 1. The molecule has 0 bridgehead atoms. The second-order valence-electron chi connectivity index (χ2n) is 4.10. The molecule has 7 heteroatoms. The van der Waals surface area contributed by atoms with Gasteiger partial charge in [0.1, 0.15) is 5.56 Å². The minimum absolute atomic E-state index is 0.0823. The molecule has 2 aromatic rings. The largest absolute Gasteiger partial charge is 0.493 e. The Morgan fingerprint density at radius 2 is 1.95 bits per heavy atom. The number of halogens is 3. The van der Waals surface area contributed by atoms with Gasteiger partial charge < -0.3 is 14.6 Å². The summed E-state index contributed by atoms with van der Waals surface area (Å²) in [5.41, 5.74) is -0.422. The van der Waals surface area contributed by atoms with Gasteiger partial charge in [-0.25, -0.2) is 4.98 Å². The maximum atomic E-state index is 12.9. The number of ether oxygens (including phenoxy) is 2. The molecule has 112 valence electrons. The summed E-state index contributed by atoms with van der Waals surface area (Å²) in [6.07, 6.45) is -3.36. The lowest BCUT2D eigenvalue weighted by Crippen LogP contribution is -2.08. The van der Waals surface area contributed by atoms with E-state index in [-0.39, 0.29) is 18.1 Å². The van der Waals surface area contributed by atoms with E-state index in [1.54, 1.807) is 0 Å². The molecule has 0 spiro atoms. The van der Waals surface area contributed by atoms with Crippen LogP contribution in [0.2, 0.25) is 0 Å². The van der Waals surface area contributed by atoms with E-state index in [9.17, 15) is 13.2 Å². The van der Waals surface area contributed by atoms with Gasteiger partial charge in [-0.3, -0.25) is 0 Å². The molecular weight excluding hydrogens is 287 g/mol. The Kier molecular flexibility index (Phi) is 4.32. The second kappa shape index (κ2) is 6.01. The van der Waals surface area contributed by atoms with Gasteiger partial charge in [0.2, 0.25) is 5.88 Å². The number of aliphatic hydroxyl groups excluding tert-OH is 1. The van der Waals surface area contributed by atoms with Crippen LogP contribution in [0.15, 0.2) is 36.5 Å². The smallest absolute Gasteiger partial charge is 0.421 e. The molecule has 2 rings (SSSR count). The third kappa shape index (κ3) is 3.43. The summed E-state index contributed by atoms with van der Waals surface area (Å²) in [5, 5.41) is 9.03. The van der Waals surface area contributed by atoms with Gasteiger partial charge in [-0.1, -0.05) is 6.07 Å². The fourth-order valence-electron chi connectivity index (χ4n) is 1.69. The molecule has 1 N–H and O–H groups in total. The summed E-state index contributed by atoms with van der Waals surface area (Å²) in [7, 11) is 1.35. The zero-order chi connectivity index (χ0) is 15.5. The first-order valence-corrected chi connectivity index (χ1v) is 5.93. The maximum Gasteiger partial charge on any atom is 0.421 e. The molecule has 0 saturated carbocycles. The second-order valence-corrected chi connectivity index (χ2v) is 4.10. The van der Waals surface area contributed by atoms with Gasteiger partial charge >= 0.3 is 6.18 Å². The number of alkyl halides is 3. The van der Waals surface area contributed by atoms with Gasteiger partial charge in [0.15, 0.2) is 11.5 Å². The molecule has 0 saturated heterocycles. The van der Waals surface area contributed by atoms with E-state index in [4.69, 9.17) is 14.6 Å². The molecule has 1 aromatic carbocycles. The van der Waals surface area contributed by atoms with Crippen LogP contribution in [0, 0.1) is 0 Å². The number of hydrogen-bond donors (Lipinski definition) is 1. The minimum Gasteiger partial charge on any atom is -0.493 e. The lowest BCUT2D eigenvalue weighted by atomic mass is 10.2. The highest BCUT2D eigenvalue weighted by molar-refractivity contribution is 5.45. The third-order valence-corrected chi connectivity index (χ3v) is 2.69. The highest BCUT2D eigenvalue weighted by Gasteiger charge is 2.35. The van der Waals surface area contributed by atoms with Crippen molar-refractivity contribution < 1.29 is 27.8 Å². The molecule has 1 heterocycles. The number of hydrogen-bond acceptors (Lipinski definition) is 4. The van der Waals surface area contributed by atoms with Gasteiger partial charge in [0.25, 0.3) is 0 Å². The standard InChI is InChI=1S/C14H12F3NO3/c1-20-12-7-9(8-19)4-5-11(12)21-13-10(14(15,16)17)3-2-6-18-13/h2-7,19H,8H2,1H3. The van der Waals surface area contributed by atoms with Crippen molar-refractivity contribution in [1.82, 2.24) is 4.98 Å². The number of methoxy groups -OCH3 is 1. The average Bonchev–Trinajstić information content (AvgIpc) is 2.47. The zero-order valence-corrected chi connectivity index (χ0v) is 11.0. The number of pyridine rings is 1. The van der Waals surface area contributed by atoms with Crippen LogP contribution in [0.25, 0.3) is 0 Å². The average molecular weight is 299 g/mol. The molecule has 0 fully saturated rings. The predicted molar refractivity (Wildman–Crippen MR) is 68.2 cm³/mol. The Morgan fingerprint density at radius 1 is 1.19 bits per heavy atom. The van der Waals surface area contributed by atoms with E-state index >= 15 is 0 Å². The Bertz CT molecular complexity index is 629. The van der Waals surface area contributed by atoms with E-state index in [1.807, 2.05) is 0 Å². The summed E-state index contributed by atoms with van der Waals surface area (Å²) >= 11 is 0. The predicted octanol–water partition coefficient (Wildman–Crippen LogP) is 3.39. The Balaban J connectivity index is 2.39. The van der Waals surface area contributed by atoms with Crippen LogP contribution < -0.4 is 9.47 Å². The number of nitrogens with zero attached hydrogens (tertiary/aromatic N) is 1. The first-order chi connectivity index (χ1) is 9.95. The van der Waals surface area contributed by atoms with Crippen molar-refractivity contribution in [2.75, 3.05) is 7.11 Å². The van der Waals surface area contributed by atoms with Crippen molar-refractivity contribution in [3.63, 3.8) is 0 Å². The Labute approximate surface area is 118 Å². The van der Waals surface area contributed by atoms with E-state index < -0.39 is 17.6 Å². The summed E-state index contributed by atoms with van der Waals surface area (Å²) in [5.74, 6) is -0.265. The molecule has 21 heavy (non-hydrogen) atoms. The van der Waals surface area contributed by atoms with Crippen LogP contribution in [0.5, 0.6) is 17.4 Å². The number of aromatic nitrogens is 1. The quantitative estimate of drug-likeness (QED) is 0.940. The van der Waals surface area contributed by atoms with E-state index in [1.165, 1.54) is 37.6 Å². The fourth-order valence-corrected chi connectivity index (χ4v) is 1.69. The molecule has 0 radical (unpaired) electrons. The lowest BCUT2D eigenvalue weighted by Gasteiger charge is -2.14. The Hall–Kier alpha value is -2.28. The third-order valence-electron chi connectivity index (χ3n) is 2.69. The molecule has 0 amide bonds. The Morgan fingerprint density at radius 3 is 2.57 bits per heavy atom. The maximum absolute atomic E-state index is 12.9. The van der Waals surface area contributed by atoms with Crippen molar-refractivity contribution >= 4 is 0 Å². The summed E-state index contributed by atoms with van der Waals surface area (Å²) in [6, 6.07) is 6.48. The van der Waals surface area contributed by atoms with E-state index in [0.29, 0.717) is 5.56 Å². The molecule has 0 aliphatic carbocycles. The van der Waals surface area contributed by atoms with Gasteiger partial charge in [-0.2, -0.15) is 13.2 Å². The molecule has 0 aliphatic rings. The summed E-state index contributed by atoms with van der Waals surface area (Å²) < 4.78 is 48.9. The van der Waals surface area contributed by atoms with Crippen molar-refractivity contribution in [1.29, 1.82) is 0 Å². The fraction of sp³-hybridized carbons (Fsp3) is 0.214. The topological polar surface area (TPSA) is 51.6 Å². The van der Waals surface area contributed by atoms with Crippen molar-refractivity contribution in [2.45, 2.75) is 12.8 Å². The van der Waals surface area contributed by atoms with Crippen molar-refractivity contribution in [3.05, 3.63) is 47.7 Å². The van der Waals surface area contributed by atoms with Crippen LogP contribution in [0.1, 0.15) is 11.1 Å². The zero-order valence-electron chi connectivity index (χ0n) is 11.0. The van der Waals surface area contributed by atoms with Crippen LogP contribution in [-0.4, -0.2) is 17.2 Å². The first kappa shape index (κ1) is 15.1. The summed E-state index contributed by atoms with van der Waals surface area (Å²) in [6.45, 7) is -0.214. The van der Waals surface area contributed by atoms with Crippen LogP contribution in [0.4, 0.5) is 13.2 Å². The minimum atomic E-state index is -4.57.